The Morgan fingerprint density at radius 2 is 1.88 bits per heavy atom. The minimum absolute atomic E-state index is 0.317. The molecule has 0 fully saturated rings. The first-order chi connectivity index (χ1) is 7.72. The molecule has 2 rings (SSSR count). The summed E-state index contributed by atoms with van der Waals surface area (Å²) in [6.07, 6.45) is 0. The van der Waals surface area contributed by atoms with Crippen LogP contribution in [0.3, 0.4) is 0 Å². The molecule has 1 heterocycles. The van der Waals surface area contributed by atoms with Crippen LogP contribution in [0.25, 0.3) is 11.1 Å². The molecular weight excluding hydrogens is 219 g/mol. The zero-order chi connectivity index (χ0) is 12.8. The van der Waals surface area contributed by atoms with Gasteiger partial charge in [0.05, 0.1) is 5.41 Å². The second-order valence-corrected chi connectivity index (χ2v) is 5.48. The third-order valence-corrected chi connectivity index (χ3v) is 3.50. The second-order valence-electron chi connectivity index (χ2n) is 5.48. The minimum Gasteiger partial charge on any atom is -0.440 e. The third-order valence-electron chi connectivity index (χ3n) is 3.50. The average molecular weight is 236 g/mol. The van der Waals surface area contributed by atoms with E-state index in [2.05, 4.69) is 4.98 Å². The Labute approximate surface area is 99.8 Å². The van der Waals surface area contributed by atoms with Crippen molar-refractivity contribution in [3.8, 4) is 0 Å². The number of halogens is 1. The maximum atomic E-state index is 13.1. The van der Waals surface area contributed by atoms with Crippen LogP contribution in [-0.4, -0.2) is 10.5 Å². The molecule has 4 heteroatoms. The standard InChI is InChI=1S/C13H17FN2O/c1-12(2,13(3,4)15)11-16-9-7-8(14)5-6-10(9)17-11/h5-7H,15H2,1-4H3. The van der Waals surface area contributed by atoms with Gasteiger partial charge in [-0.15, -0.1) is 0 Å². The summed E-state index contributed by atoms with van der Waals surface area (Å²) in [4.78, 5) is 4.33. The number of benzene rings is 1. The summed E-state index contributed by atoms with van der Waals surface area (Å²) in [5.41, 5.74) is 6.32. The van der Waals surface area contributed by atoms with Gasteiger partial charge in [0.25, 0.3) is 0 Å². The predicted octanol–water partition coefficient (Wildman–Crippen LogP) is 2.98. The number of nitrogens with two attached hydrogens (primary N) is 1. The minimum atomic E-state index is -0.480. The van der Waals surface area contributed by atoms with Crippen molar-refractivity contribution in [3.63, 3.8) is 0 Å². The highest BCUT2D eigenvalue weighted by atomic mass is 19.1. The van der Waals surface area contributed by atoms with Crippen molar-refractivity contribution < 1.29 is 8.81 Å². The molecule has 0 aliphatic heterocycles. The molecule has 1 aromatic carbocycles. The van der Waals surface area contributed by atoms with Gasteiger partial charge in [-0.1, -0.05) is 0 Å². The molecular formula is C13H17FN2O. The Hall–Kier alpha value is -1.42. The van der Waals surface area contributed by atoms with Gasteiger partial charge in [-0.2, -0.15) is 0 Å². The lowest BCUT2D eigenvalue weighted by Gasteiger charge is -2.35. The maximum absolute atomic E-state index is 13.1. The molecule has 92 valence electrons. The van der Waals surface area contributed by atoms with Gasteiger partial charge in [0, 0.05) is 11.6 Å². The van der Waals surface area contributed by atoms with Gasteiger partial charge >= 0.3 is 0 Å². The molecule has 0 atom stereocenters. The first-order valence-electron chi connectivity index (χ1n) is 5.57. The largest absolute Gasteiger partial charge is 0.440 e. The fourth-order valence-corrected chi connectivity index (χ4v) is 1.44. The number of hydrogen-bond acceptors (Lipinski definition) is 3. The van der Waals surface area contributed by atoms with Gasteiger partial charge in [0.2, 0.25) is 5.89 Å². The second kappa shape index (κ2) is 3.53. The number of rotatable bonds is 2. The Kier molecular flexibility index (Phi) is 2.51. The predicted molar refractivity (Wildman–Crippen MR) is 65.3 cm³/mol. The van der Waals surface area contributed by atoms with Crippen LogP contribution in [0.5, 0.6) is 0 Å². The first-order valence-corrected chi connectivity index (χ1v) is 5.57. The molecule has 1 aromatic heterocycles. The summed E-state index contributed by atoms with van der Waals surface area (Å²) in [5, 5.41) is 0. The van der Waals surface area contributed by atoms with E-state index in [1.165, 1.54) is 12.1 Å². The highest BCUT2D eigenvalue weighted by Gasteiger charge is 2.39. The van der Waals surface area contributed by atoms with Crippen molar-refractivity contribution in [1.82, 2.24) is 4.98 Å². The van der Waals surface area contributed by atoms with E-state index in [4.69, 9.17) is 10.2 Å². The van der Waals surface area contributed by atoms with E-state index in [9.17, 15) is 4.39 Å². The Balaban J connectivity index is 2.57. The van der Waals surface area contributed by atoms with E-state index < -0.39 is 11.0 Å². The van der Waals surface area contributed by atoms with Crippen LogP contribution in [0.15, 0.2) is 22.6 Å². The van der Waals surface area contributed by atoms with Crippen molar-refractivity contribution in [2.75, 3.05) is 0 Å². The van der Waals surface area contributed by atoms with Crippen LogP contribution < -0.4 is 5.73 Å². The van der Waals surface area contributed by atoms with Crippen molar-refractivity contribution in [2.24, 2.45) is 5.73 Å². The lowest BCUT2D eigenvalue weighted by Crippen LogP contribution is -2.50. The molecule has 3 nitrogen and oxygen atoms in total. The fraction of sp³-hybridized carbons (Fsp3) is 0.462. The van der Waals surface area contributed by atoms with Crippen molar-refractivity contribution in [3.05, 3.63) is 29.9 Å². The van der Waals surface area contributed by atoms with Gasteiger partial charge in [0.15, 0.2) is 5.58 Å². The van der Waals surface area contributed by atoms with Crippen LogP contribution >= 0.6 is 0 Å². The molecule has 0 spiro atoms. The lowest BCUT2D eigenvalue weighted by molar-refractivity contribution is 0.251. The summed E-state index contributed by atoms with van der Waals surface area (Å²) < 4.78 is 18.7. The monoisotopic (exact) mass is 236 g/mol. The van der Waals surface area contributed by atoms with E-state index in [0.29, 0.717) is 17.0 Å². The van der Waals surface area contributed by atoms with E-state index >= 15 is 0 Å². The van der Waals surface area contributed by atoms with Crippen LogP contribution in [0, 0.1) is 5.82 Å². The molecule has 0 bridgehead atoms. The number of aromatic nitrogens is 1. The summed E-state index contributed by atoms with van der Waals surface area (Å²) in [5.74, 6) is 0.216. The molecule has 0 saturated carbocycles. The SMILES string of the molecule is CC(C)(N)C(C)(C)c1nc2cc(F)ccc2o1. The quantitative estimate of drug-likeness (QED) is 0.872. The smallest absolute Gasteiger partial charge is 0.202 e. The lowest BCUT2D eigenvalue weighted by atomic mass is 9.75. The van der Waals surface area contributed by atoms with Crippen LogP contribution in [0.4, 0.5) is 4.39 Å². The van der Waals surface area contributed by atoms with Gasteiger partial charge in [-0.25, -0.2) is 9.37 Å². The number of hydrogen-bond donors (Lipinski definition) is 1. The zero-order valence-electron chi connectivity index (χ0n) is 10.5. The number of fused-ring (bicyclic) bond motifs is 1. The van der Waals surface area contributed by atoms with Crippen LogP contribution in [0.1, 0.15) is 33.6 Å². The van der Waals surface area contributed by atoms with Crippen molar-refractivity contribution in [2.45, 2.75) is 38.6 Å². The molecule has 0 radical (unpaired) electrons. The van der Waals surface area contributed by atoms with Gasteiger partial charge in [-0.05, 0) is 39.8 Å². The highest BCUT2D eigenvalue weighted by molar-refractivity contribution is 5.72. The van der Waals surface area contributed by atoms with E-state index in [0.717, 1.165) is 0 Å². The number of oxazole rings is 1. The summed E-state index contributed by atoms with van der Waals surface area (Å²) in [6, 6.07) is 4.31. The molecule has 17 heavy (non-hydrogen) atoms. The van der Waals surface area contributed by atoms with E-state index in [1.807, 2.05) is 27.7 Å². The third kappa shape index (κ3) is 1.93. The molecule has 0 saturated heterocycles. The Bertz CT molecular complexity index is 552. The zero-order valence-corrected chi connectivity index (χ0v) is 10.5. The number of nitrogens with zero attached hydrogens (tertiary/aromatic N) is 1. The first kappa shape index (κ1) is 12.0. The highest BCUT2D eigenvalue weighted by Crippen LogP contribution is 2.34. The fourth-order valence-electron chi connectivity index (χ4n) is 1.44. The summed E-state index contributed by atoms with van der Waals surface area (Å²) in [7, 11) is 0. The van der Waals surface area contributed by atoms with Crippen molar-refractivity contribution >= 4 is 11.1 Å². The Morgan fingerprint density at radius 3 is 2.47 bits per heavy atom. The maximum Gasteiger partial charge on any atom is 0.202 e. The molecule has 2 N–H and O–H groups in total. The van der Waals surface area contributed by atoms with Gasteiger partial charge in [0.1, 0.15) is 11.3 Å². The molecule has 0 aliphatic rings. The average Bonchev–Trinajstić information content (AvgIpc) is 2.58. The normalized spacial score (nSPS) is 13.3. The molecule has 0 aliphatic carbocycles. The van der Waals surface area contributed by atoms with Crippen LogP contribution in [0.2, 0.25) is 0 Å². The molecule has 0 amide bonds. The Morgan fingerprint density at radius 1 is 1.24 bits per heavy atom. The van der Waals surface area contributed by atoms with E-state index in [-0.39, 0.29) is 5.82 Å². The topological polar surface area (TPSA) is 52.0 Å². The summed E-state index contributed by atoms with van der Waals surface area (Å²) >= 11 is 0. The van der Waals surface area contributed by atoms with E-state index in [1.54, 1.807) is 6.07 Å². The summed E-state index contributed by atoms with van der Waals surface area (Å²) in [6.45, 7) is 7.77. The molecule has 0 unspecified atom stereocenters. The van der Waals surface area contributed by atoms with Crippen LogP contribution in [-0.2, 0) is 5.41 Å². The van der Waals surface area contributed by atoms with Gasteiger partial charge in [-0.3, -0.25) is 0 Å². The molecule has 2 aromatic rings. The van der Waals surface area contributed by atoms with Gasteiger partial charge < -0.3 is 10.2 Å². The van der Waals surface area contributed by atoms with Crippen molar-refractivity contribution in [1.29, 1.82) is 0 Å².